The Morgan fingerprint density at radius 2 is 1.86 bits per heavy atom. The Morgan fingerprint density at radius 3 is 2.48 bits per heavy atom. The van der Waals surface area contributed by atoms with Crippen molar-refractivity contribution >= 4 is 50.5 Å². The predicted octanol–water partition coefficient (Wildman–Crippen LogP) is 2.94. The lowest BCUT2D eigenvalue weighted by Crippen LogP contribution is -2.16. The number of aromatic amines is 1. The molecular weight excluding hydrogens is 359 g/mol. The monoisotopic (exact) mass is 368 g/mol. The topological polar surface area (TPSA) is 101 Å². The summed E-state index contributed by atoms with van der Waals surface area (Å²) in [7, 11) is -3.91. The summed E-state index contributed by atoms with van der Waals surface area (Å²) in [4.78, 5) is -0.00728. The molecule has 0 saturated heterocycles. The fraction of sp³-hybridized carbons (Fsp3) is 0.182. The molecule has 0 unspecified atom stereocenters. The van der Waals surface area contributed by atoms with Gasteiger partial charge in [0.1, 0.15) is 4.90 Å². The Labute approximate surface area is 136 Å². The van der Waals surface area contributed by atoms with E-state index in [-0.39, 0.29) is 37.9 Å². The lowest BCUT2D eigenvalue weighted by Gasteiger charge is -2.11. The van der Waals surface area contributed by atoms with Gasteiger partial charge in [-0.1, -0.05) is 34.8 Å². The fourth-order valence-electron chi connectivity index (χ4n) is 1.76. The third-order valence-electron chi connectivity index (χ3n) is 2.68. The molecule has 0 fully saturated rings. The zero-order valence-corrected chi connectivity index (χ0v) is 13.8. The SMILES string of the molecule is Cc1[nH]nc(CN)c1S(=O)(=O)Nc1cc(Cl)c(Cl)cc1Cl. The van der Waals surface area contributed by atoms with Crippen molar-refractivity contribution in [1.29, 1.82) is 0 Å². The van der Waals surface area contributed by atoms with Crippen LogP contribution < -0.4 is 10.5 Å². The summed E-state index contributed by atoms with van der Waals surface area (Å²) in [5, 5.41) is 6.97. The number of anilines is 1. The first kappa shape index (κ1) is 16.4. The van der Waals surface area contributed by atoms with Gasteiger partial charge in [0.2, 0.25) is 0 Å². The number of hydrogen-bond donors (Lipinski definition) is 3. The molecule has 0 radical (unpaired) electrons. The number of rotatable bonds is 4. The van der Waals surface area contributed by atoms with Crippen LogP contribution >= 0.6 is 34.8 Å². The molecule has 21 heavy (non-hydrogen) atoms. The summed E-state index contributed by atoms with van der Waals surface area (Å²) in [5.41, 5.74) is 6.22. The van der Waals surface area contributed by atoms with E-state index >= 15 is 0 Å². The molecule has 10 heteroatoms. The summed E-state index contributed by atoms with van der Waals surface area (Å²) in [6.45, 7) is 1.56. The number of sulfonamides is 1. The van der Waals surface area contributed by atoms with Crippen LogP contribution in [0.5, 0.6) is 0 Å². The van der Waals surface area contributed by atoms with E-state index in [0.717, 1.165) is 0 Å². The van der Waals surface area contributed by atoms with E-state index in [2.05, 4.69) is 14.9 Å². The summed E-state index contributed by atoms with van der Waals surface area (Å²) in [6, 6.07) is 2.69. The molecule has 0 bridgehead atoms. The van der Waals surface area contributed by atoms with Gasteiger partial charge < -0.3 is 5.73 Å². The van der Waals surface area contributed by atoms with Gasteiger partial charge in [0.05, 0.1) is 32.1 Å². The number of halogens is 3. The first-order valence-electron chi connectivity index (χ1n) is 5.67. The number of nitrogens with zero attached hydrogens (tertiary/aromatic N) is 1. The summed E-state index contributed by atoms with van der Waals surface area (Å²) < 4.78 is 27.3. The van der Waals surface area contributed by atoms with Crippen LogP contribution in [0.15, 0.2) is 17.0 Å². The Balaban J connectivity index is 2.47. The van der Waals surface area contributed by atoms with Crippen molar-refractivity contribution in [3.05, 3.63) is 38.6 Å². The second-order valence-electron chi connectivity index (χ2n) is 4.18. The highest BCUT2D eigenvalue weighted by Gasteiger charge is 2.24. The van der Waals surface area contributed by atoms with Gasteiger partial charge >= 0.3 is 0 Å². The van der Waals surface area contributed by atoms with Crippen LogP contribution in [0.1, 0.15) is 11.4 Å². The molecule has 0 spiro atoms. The van der Waals surface area contributed by atoms with Crippen LogP contribution in [0.3, 0.4) is 0 Å². The van der Waals surface area contributed by atoms with Crippen molar-refractivity contribution in [2.24, 2.45) is 5.73 Å². The molecular formula is C11H11Cl3N4O2S. The fourth-order valence-corrected chi connectivity index (χ4v) is 3.86. The Morgan fingerprint density at radius 1 is 1.24 bits per heavy atom. The van der Waals surface area contributed by atoms with Crippen LogP contribution in [-0.2, 0) is 16.6 Å². The van der Waals surface area contributed by atoms with Gasteiger partial charge in [-0.15, -0.1) is 0 Å². The van der Waals surface area contributed by atoms with Gasteiger partial charge in [0.15, 0.2) is 0 Å². The highest BCUT2D eigenvalue weighted by atomic mass is 35.5. The molecule has 1 aromatic heterocycles. The lowest BCUT2D eigenvalue weighted by atomic mass is 10.3. The standard InChI is InChI=1S/C11H11Cl3N4O2S/c1-5-11(10(4-15)17-16-5)21(19,20)18-9-3-7(13)6(12)2-8(9)14/h2-3,18H,4,15H2,1H3,(H,16,17). The molecule has 6 nitrogen and oxygen atoms in total. The molecule has 0 aliphatic heterocycles. The maximum Gasteiger partial charge on any atom is 0.265 e. The molecule has 0 atom stereocenters. The number of aromatic nitrogens is 2. The molecule has 0 aliphatic rings. The quantitative estimate of drug-likeness (QED) is 0.721. The van der Waals surface area contributed by atoms with E-state index in [1.807, 2.05) is 0 Å². The van der Waals surface area contributed by atoms with E-state index in [9.17, 15) is 8.42 Å². The average Bonchev–Trinajstić information content (AvgIpc) is 2.77. The molecule has 114 valence electrons. The second-order valence-corrected chi connectivity index (χ2v) is 7.02. The highest BCUT2D eigenvalue weighted by Crippen LogP contribution is 2.33. The van der Waals surface area contributed by atoms with Crippen molar-refractivity contribution in [2.75, 3.05) is 4.72 Å². The van der Waals surface area contributed by atoms with Gasteiger partial charge in [-0.3, -0.25) is 9.82 Å². The van der Waals surface area contributed by atoms with E-state index in [0.29, 0.717) is 5.69 Å². The maximum atomic E-state index is 12.5. The molecule has 1 aromatic carbocycles. The first-order valence-corrected chi connectivity index (χ1v) is 8.29. The van der Waals surface area contributed by atoms with Crippen molar-refractivity contribution < 1.29 is 8.42 Å². The molecule has 4 N–H and O–H groups in total. The zero-order valence-electron chi connectivity index (χ0n) is 10.7. The van der Waals surface area contributed by atoms with Crippen molar-refractivity contribution in [1.82, 2.24) is 10.2 Å². The minimum Gasteiger partial charge on any atom is -0.325 e. The highest BCUT2D eigenvalue weighted by molar-refractivity contribution is 7.92. The number of nitrogens with one attached hydrogen (secondary N) is 2. The minimum absolute atomic E-state index is 0.00728. The van der Waals surface area contributed by atoms with E-state index < -0.39 is 10.0 Å². The van der Waals surface area contributed by atoms with Gasteiger partial charge in [-0.2, -0.15) is 5.10 Å². The predicted molar refractivity (Wildman–Crippen MR) is 83.5 cm³/mol. The number of hydrogen-bond acceptors (Lipinski definition) is 4. The van der Waals surface area contributed by atoms with E-state index in [1.54, 1.807) is 6.92 Å². The molecule has 0 aliphatic carbocycles. The Bertz CT molecular complexity index is 789. The zero-order chi connectivity index (χ0) is 15.8. The van der Waals surface area contributed by atoms with Crippen LogP contribution in [0.4, 0.5) is 5.69 Å². The van der Waals surface area contributed by atoms with E-state index in [1.165, 1.54) is 12.1 Å². The van der Waals surface area contributed by atoms with Gasteiger partial charge in [-0.05, 0) is 19.1 Å². The third-order valence-corrected chi connectivity index (χ3v) is 5.28. The van der Waals surface area contributed by atoms with Gasteiger partial charge in [0.25, 0.3) is 10.0 Å². The third kappa shape index (κ3) is 3.27. The molecule has 0 amide bonds. The number of aryl methyl sites for hydroxylation is 1. The average molecular weight is 370 g/mol. The van der Waals surface area contributed by atoms with Crippen LogP contribution in [0.25, 0.3) is 0 Å². The first-order chi connectivity index (χ1) is 9.76. The molecule has 1 heterocycles. The molecule has 2 aromatic rings. The number of H-pyrrole nitrogens is 1. The van der Waals surface area contributed by atoms with Crippen LogP contribution in [0, 0.1) is 6.92 Å². The normalized spacial score (nSPS) is 11.7. The Kier molecular flexibility index (Phi) is 4.69. The van der Waals surface area contributed by atoms with Crippen molar-refractivity contribution in [3.63, 3.8) is 0 Å². The molecule has 2 rings (SSSR count). The second kappa shape index (κ2) is 6.02. The number of nitrogens with two attached hydrogens (primary N) is 1. The largest absolute Gasteiger partial charge is 0.325 e. The van der Waals surface area contributed by atoms with Crippen molar-refractivity contribution in [3.8, 4) is 0 Å². The van der Waals surface area contributed by atoms with Crippen LogP contribution in [-0.4, -0.2) is 18.6 Å². The molecule has 0 saturated carbocycles. The van der Waals surface area contributed by atoms with Gasteiger partial charge in [-0.25, -0.2) is 8.42 Å². The van der Waals surface area contributed by atoms with Crippen LogP contribution in [0.2, 0.25) is 15.1 Å². The lowest BCUT2D eigenvalue weighted by molar-refractivity contribution is 0.599. The smallest absolute Gasteiger partial charge is 0.265 e. The summed E-state index contributed by atoms with van der Waals surface area (Å²) >= 11 is 17.6. The summed E-state index contributed by atoms with van der Waals surface area (Å²) in [6.07, 6.45) is 0. The van der Waals surface area contributed by atoms with Crippen molar-refractivity contribution in [2.45, 2.75) is 18.4 Å². The maximum absolute atomic E-state index is 12.5. The number of benzene rings is 1. The summed E-state index contributed by atoms with van der Waals surface area (Å²) in [5.74, 6) is 0. The Hall–Kier alpha value is -0.990. The van der Waals surface area contributed by atoms with Gasteiger partial charge in [0, 0.05) is 6.54 Å². The minimum atomic E-state index is -3.91. The van der Waals surface area contributed by atoms with E-state index in [4.69, 9.17) is 40.5 Å².